The van der Waals surface area contributed by atoms with Crippen molar-refractivity contribution in [2.75, 3.05) is 7.11 Å². The number of methoxy groups -OCH3 is 1. The molecule has 0 atom stereocenters. The minimum atomic E-state index is 0.381. The Balaban J connectivity index is 1.82. The maximum Gasteiger partial charge on any atom is 0.140 e. The lowest BCUT2D eigenvalue weighted by atomic mass is 10.0. The highest BCUT2D eigenvalue weighted by molar-refractivity contribution is 5.65. The predicted molar refractivity (Wildman–Crippen MR) is 83.6 cm³/mol. The summed E-state index contributed by atoms with van der Waals surface area (Å²) in [7, 11) is 1.73. The molecule has 1 heterocycles. The molecule has 0 spiro atoms. The average Bonchev–Trinajstić information content (AvgIpc) is 3.39. The van der Waals surface area contributed by atoms with Gasteiger partial charge in [0.1, 0.15) is 11.6 Å². The second-order valence-corrected chi connectivity index (χ2v) is 6.56. The monoisotopic (exact) mass is 282 g/mol. The maximum absolute atomic E-state index is 5.43. The van der Waals surface area contributed by atoms with Gasteiger partial charge in [0.2, 0.25) is 0 Å². The summed E-state index contributed by atoms with van der Waals surface area (Å²) in [6, 6.07) is 4.22. The van der Waals surface area contributed by atoms with Crippen LogP contribution in [0.4, 0.5) is 0 Å². The molecule has 0 aliphatic heterocycles. The van der Waals surface area contributed by atoms with E-state index in [1.807, 2.05) is 6.20 Å². The van der Waals surface area contributed by atoms with E-state index in [9.17, 15) is 0 Å². The molecule has 1 aromatic heterocycles. The second-order valence-electron chi connectivity index (χ2n) is 6.56. The predicted octanol–water partition coefficient (Wildman–Crippen LogP) is 4.07. The van der Waals surface area contributed by atoms with Crippen LogP contribution in [0.5, 0.6) is 5.75 Å². The fourth-order valence-corrected chi connectivity index (χ4v) is 3.72. The number of hydrogen-bond acceptors (Lipinski definition) is 2. The van der Waals surface area contributed by atoms with Crippen LogP contribution in [-0.2, 0) is 5.54 Å². The van der Waals surface area contributed by atoms with Gasteiger partial charge in [-0.1, -0.05) is 0 Å². The van der Waals surface area contributed by atoms with Crippen LogP contribution in [0.3, 0.4) is 0 Å². The van der Waals surface area contributed by atoms with E-state index in [0.29, 0.717) is 5.54 Å². The van der Waals surface area contributed by atoms with Gasteiger partial charge in [-0.25, -0.2) is 4.98 Å². The highest BCUT2D eigenvalue weighted by atomic mass is 16.5. The lowest BCUT2D eigenvalue weighted by Crippen LogP contribution is -2.20. The fraction of sp³-hybridized carbons (Fsp3) is 0.500. The van der Waals surface area contributed by atoms with Gasteiger partial charge in [-0.05, 0) is 68.7 Å². The highest BCUT2D eigenvalue weighted by Crippen LogP contribution is 2.60. The zero-order chi connectivity index (χ0) is 14.6. The van der Waals surface area contributed by atoms with E-state index in [1.165, 1.54) is 42.4 Å². The van der Waals surface area contributed by atoms with Crippen molar-refractivity contribution in [3.8, 4) is 17.1 Å². The molecule has 2 saturated carbocycles. The molecule has 0 N–H and O–H groups in total. The third-order valence-electron chi connectivity index (χ3n) is 5.42. The van der Waals surface area contributed by atoms with E-state index in [-0.39, 0.29) is 0 Å². The number of imidazole rings is 1. The van der Waals surface area contributed by atoms with E-state index in [1.54, 1.807) is 7.11 Å². The summed E-state index contributed by atoms with van der Waals surface area (Å²) in [5, 5.41) is 0. The molecule has 3 nitrogen and oxygen atoms in total. The molecule has 1 aromatic carbocycles. The highest BCUT2D eigenvalue weighted by Gasteiger charge is 2.56. The summed E-state index contributed by atoms with van der Waals surface area (Å²) in [4.78, 5) is 4.68. The van der Waals surface area contributed by atoms with Crippen LogP contribution >= 0.6 is 0 Å². The quantitative estimate of drug-likeness (QED) is 0.845. The molecule has 2 fully saturated rings. The molecule has 2 aromatic rings. The van der Waals surface area contributed by atoms with Crippen molar-refractivity contribution in [1.82, 2.24) is 9.55 Å². The standard InChI is InChI=1S/C18H22N2O/c1-12-13(2)16(21-3)7-6-15(12)17-19-10-11-20(17)18(8-9-18)14-4-5-14/h6-7,10-11,14H,4-5,8-9H2,1-3H3. The van der Waals surface area contributed by atoms with Crippen molar-refractivity contribution in [3.05, 3.63) is 35.7 Å². The van der Waals surface area contributed by atoms with Gasteiger partial charge in [0.05, 0.1) is 7.11 Å². The van der Waals surface area contributed by atoms with Crippen molar-refractivity contribution >= 4 is 0 Å². The van der Waals surface area contributed by atoms with Crippen LogP contribution in [0, 0.1) is 19.8 Å². The lowest BCUT2D eigenvalue weighted by molar-refractivity contribution is 0.411. The van der Waals surface area contributed by atoms with Crippen molar-refractivity contribution in [2.45, 2.75) is 45.1 Å². The summed E-state index contributed by atoms with van der Waals surface area (Å²) in [5.41, 5.74) is 4.10. The minimum absolute atomic E-state index is 0.381. The maximum atomic E-state index is 5.43. The smallest absolute Gasteiger partial charge is 0.140 e. The number of benzene rings is 1. The largest absolute Gasteiger partial charge is 0.496 e. The zero-order valence-electron chi connectivity index (χ0n) is 13.0. The topological polar surface area (TPSA) is 27.1 Å². The molecular weight excluding hydrogens is 260 g/mol. The lowest BCUT2D eigenvalue weighted by Gasteiger charge is -2.21. The summed E-state index contributed by atoms with van der Waals surface area (Å²) in [6.45, 7) is 4.29. The van der Waals surface area contributed by atoms with Crippen LogP contribution in [0.2, 0.25) is 0 Å². The first kappa shape index (κ1) is 12.9. The Labute approximate surface area is 126 Å². The van der Waals surface area contributed by atoms with Gasteiger partial charge < -0.3 is 9.30 Å². The Morgan fingerprint density at radius 2 is 1.95 bits per heavy atom. The molecule has 4 rings (SSSR count). The summed E-state index contributed by atoms with van der Waals surface area (Å²) in [6.07, 6.45) is 9.54. The van der Waals surface area contributed by atoms with Gasteiger partial charge in [-0.3, -0.25) is 0 Å². The number of nitrogens with zero attached hydrogens (tertiary/aromatic N) is 2. The Morgan fingerprint density at radius 1 is 1.19 bits per heavy atom. The van der Waals surface area contributed by atoms with Crippen molar-refractivity contribution in [3.63, 3.8) is 0 Å². The molecule has 2 aliphatic carbocycles. The number of aromatic nitrogens is 2. The van der Waals surface area contributed by atoms with Gasteiger partial charge in [0, 0.05) is 23.5 Å². The SMILES string of the molecule is COc1ccc(-c2nccn2C2(C3CC3)CC2)c(C)c1C. The Morgan fingerprint density at radius 3 is 2.57 bits per heavy atom. The van der Waals surface area contributed by atoms with Gasteiger partial charge in [-0.2, -0.15) is 0 Å². The number of hydrogen-bond donors (Lipinski definition) is 0. The van der Waals surface area contributed by atoms with E-state index < -0.39 is 0 Å². The van der Waals surface area contributed by atoms with Gasteiger partial charge in [-0.15, -0.1) is 0 Å². The van der Waals surface area contributed by atoms with E-state index in [4.69, 9.17) is 4.74 Å². The van der Waals surface area contributed by atoms with Crippen LogP contribution < -0.4 is 4.74 Å². The molecule has 110 valence electrons. The van der Waals surface area contributed by atoms with E-state index >= 15 is 0 Å². The zero-order valence-corrected chi connectivity index (χ0v) is 13.0. The summed E-state index contributed by atoms with van der Waals surface area (Å²) in [5.74, 6) is 2.96. The first-order chi connectivity index (χ1) is 10.2. The summed E-state index contributed by atoms with van der Waals surface area (Å²) >= 11 is 0. The molecule has 0 amide bonds. The number of ether oxygens (including phenoxy) is 1. The molecule has 21 heavy (non-hydrogen) atoms. The Bertz CT molecular complexity index is 693. The first-order valence-electron chi connectivity index (χ1n) is 7.86. The molecular formula is C18H22N2O. The van der Waals surface area contributed by atoms with Gasteiger partial charge in [0.25, 0.3) is 0 Å². The summed E-state index contributed by atoms with van der Waals surface area (Å²) < 4.78 is 7.89. The minimum Gasteiger partial charge on any atom is -0.496 e. The van der Waals surface area contributed by atoms with Crippen LogP contribution in [-0.4, -0.2) is 16.7 Å². The van der Waals surface area contributed by atoms with Gasteiger partial charge in [0.15, 0.2) is 0 Å². The van der Waals surface area contributed by atoms with Crippen molar-refractivity contribution in [2.24, 2.45) is 5.92 Å². The average molecular weight is 282 g/mol. The molecule has 0 saturated heterocycles. The molecule has 0 bridgehead atoms. The molecule has 0 radical (unpaired) electrons. The normalized spacial score (nSPS) is 19.6. The fourth-order valence-electron chi connectivity index (χ4n) is 3.72. The van der Waals surface area contributed by atoms with E-state index in [0.717, 1.165) is 17.5 Å². The van der Waals surface area contributed by atoms with E-state index in [2.05, 4.69) is 41.7 Å². The second kappa shape index (κ2) is 4.36. The van der Waals surface area contributed by atoms with Crippen LogP contribution in [0.25, 0.3) is 11.4 Å². The van der Waals surface area contributed by atoms with Crippen molar-refractivity contribution < 1.29 is 4.74 Å². The Kier molecular flexibility index (Phi) is 2.69. The van der Waals surface area contributed by atoms with Gasteiger partial charge >= 0.3 is 0 Å². The molecule has 0 unspecified atom stereocenters. The third-order valence-corrected chi connectivity index (χ3v) is 5.42. The third kappa shape index (κ3) is 1.83. The first-order valence-corrected chi connectivity index (χ1v) is 7.86. The Hall–Kier alpha value is -1.77. The van der Waals surface area contributed by atoms with Crippen molar-refractivity contribution in [1.29, 1.82) is 0 Å². The van der Waals surface area contributed by atoms with Crippen LogP contribution in [0.15, 0.2) is 24.5 Å². The molecule has 2 aliphatic rings. The molecule has 3 heteroatoms. The number of rotatable bonds is 4. The van der Waals surface area contributed by atoms with Crippen LogP contribution in [0.1, 0.15) is 36.8 Å².